The Morgan fingerprint density at radius 3 is 2.06 bits per heavy atom. The van der Waals surface area contributed by atoms with Crippen LogP contribution in [0, 0.1) is 17.8 Å². The summed E-state index contributed by atoms with van der Waals surface area (Å²) in [6, 6.07) is 0. The summed E-state index contributed by atoms with van der Waals surface area (Å²) in [6.07, 6.45) is 2.77. The largest absolute Gasteiger partial charge is 0.342 e. The highest BCUT2D eigenvalue weighted by atomic mass is 16.2. The zero-order valence-corrected chi connectivity index (χ0v) is 11.5. The first-order chi connectivity index (χ1) is 7.93. The van der Waals surface area contributed by atoms with Crippen LogP contribution in [0.1, 0.15) is 47.0 Å². The minimum atomic E-state index is -0.0317. The molecule has 0 aromatic rings. The van der Waals surface area contributed by atoms with E-state index in [9.17, 15) is 9.59 Å². The molecule has 1 fully saturated rings. The minimum Gasteiger partial charge on any atom is -0.342 e. The molecule has 1 saturated heterocycles. The molecule has 2 atom stereocenters. The molecule has 3 nitrogen and oxygen atoms in total. The first-order valence-corrected chi connectivity index (χ1v) is 6.75. The number of rotatable bonds is 5. The van der Waals surface area contributed by atoms with E-state index in [1.807, 2.05) is 32.6 Å². The van der Waals surface area contributed by atoms with E-state index in [2.05, 4.69) is 0 Å². The summed E-state index contributed by atoms with van der Waals surface area (Å²) in [4.78, 5) is 25.8. The van der Waals surface area contributed by atoms with Gasteiger partial charge >= 0.3 is 0 Å². The summed E-state index contributed by atoms with van der Waals surface area (Å²) in [7, 11) is 0. The number of carbonyl (C=O) groups is 2. The molecule has 0 spiro atoms. The molecule has 0 aliphatic carbocycles. The van der Waals surface area contributed by atoms with Crippen molar-refractivity contribution in [2.24, 2.45) is 17.8 Å². The number of amides is 1. The average molecular weight is 239 g/mol. The Kier molecular flexibility index (Phi) is 5.16. The number of hydrogen-bond acceptors (Lipinski definition) is 2. The summed E-state index contributed by atoms with van der Waals surface area (Å²) >= 11 is 0. The Hall–Kier alpha value is -0.860. The van der Waals surface area contributed by atoms with Gasteiger partial charge in [0.05, 0.1) is 0 Å². The molecule has 0 aromatic carbocycles. The van der Waals surface area contributed by atoms with Crippen LogP contribution in [-0.4, -0.2) is 29.7 Å². The van der Waals surface area contributed by atoms with Gasteiger partial charge in [-0.3, -0.25) is 9.59 Å². The Morgan fingerprint density at radius 1 is 1.06 bits per heavy atom. The monoisotopic (exact) mass is 239 g/mol. The fraction of sp³-hybridized carbons (Fsp3) is 0.857. The molecule has 2 unspecified atom stereocenters. The lowest BCUT2D eigenvalue weighted by Crippen LogP contribution is -2.36. The van der Waals surface area contributed by atoms with Gasteiger partial charge in [0, 0.05) is 31.3 Å². The van der Waals surface area contributed by atoms with Crippen molar-refractivity contribution in [3.05, 3.63) is 0 Å². The van der Waals surface area contributed by atoms with Crippen molar-refractivity contribution in [2.45, 2.75) is 47.0 Å². The van der Waals surface area contributed by atoms with Gasteiger partial charge in [-0.05, 0) is 18.8 Å². The van der Waals surface area contributed by atoms with Crippen LogP contribution in [-0.2, 0) is 9.59 Å². The highest BCUT2D eigenvalue weighted by molar-refractivity contribution is 5.83. The van der Waals surface area contributed by atoms with Crippen molar-refractivity contribution < 1.29 is 9.59 Å². The predicted molar refractivity (Wildman–Crippen MR) is 68.6 cm³/mol. The molecule has 1 heterocycles. The summed E-state index contributed by atoms with van der Waals surface area (Å²) < 4.78 is 0. The van der Waals surface area contributed by atoms with Crippen molar-refractivity contribution >= 4 is 11.7 Å². The molecule has 1 aliphatic rings. The van der Waals surface area contributed by atoms with Gasteiger partial charge in [0.25, 0.3) is 0 Å². The first kappa shape index (κ1) is 14.2. The van der Waals surface area contributed by atoms with Crippen molar-refractivity contribution in [1.82, 2.24) is 4.90 Å². The van der Waals surface area contributed by atoms with Crippen LogP contribution in [0.5, 0.6) is 0 Å². The topological polar surface area (TPSA) is 37.4 Å². The number of hydrogen-bond donors (Lipinski definition) is 0. The van der Waals surface area contributed by atoms with Crippen molar-refractivity contribution in [1.29, 1.82) is 0 Å². The summed E-state index contributed by atoms with van der Waals surface area (Å²) in [5, 5.41) is 0. The number of carbonyl (C=O) groups excluding carboxylic acids is 2. The quantitative estimate of drug-likeness (QED) is 0.739. The molecule has 0 bridgehead atoms. The SMILES string of the molecule is CC(C)C(=O)CC(C)C(C)C(=O)N1CCCC1. The van der Waals surface area contributed by atoms with Gasteiger partial charge in [-0.15, -0.1) is 0 Å². The number of ketones is 1. The molecule has 1 rings (SSSR count). The zero-order valence-electron chi connectivity index (χ0n) is 11.5. The van der Waals surface area contributed by atoms with E-state index in [0.717, 1.165) is 25.9 Å². The van der Waals surface area contributed by atoms with Gasteiger partial charge in [-0.2, -0.15) is 0 Å². The second-order valence-corrected chi connectivity index (χ2v) is 5.62. The molecule has 17 heavy (non-hydrogen) atoms. The molecule has 0 N–H and O–H groups in total. The standard InChI is InChI=1S/C14H25NO2/c1-10(2)13(16)9-11(3)12(4)14(17)15-7-5-6-8-15/h10-12H,5-9H2,1-4H3. The van der Waals surface area contributed by atoms with E-state index in [1.165, 1.54) is 0 Å². The number of nitrogens with zero attached hydrogens (tertiary/aromatic N) is 1. The fourth-order valence-electron chi connectivity index (χ4n) is 2.20. The van der Waals surface area contributed by atoms with E-state index < -0.39 is 0 Å². The molecule has 0 radical (unpaired) electrons. The van der Waals surface area contributed by atoms with Crippen LogP contribution in [0.3, 0.4) is 0 Å². The summed E-state index contributed by atoms with van der Waals surface area (Å²) in [5.74, 6) is 0.686. The maximum Gasteiger partial charge on any atom is 0.225 e. The van der Waals surface area contributed by atoms with Gasteiger partial charge in [-0.1, -0.05) is 27.7 Å². The van der Waals surface area contributed by atoms with E-state index >= 15 is 0 Å². The Bertz CT molecular complexity index is 280. The Morgan fingerprint density at radius 2 is 1.59 bits per heavy atom. The van der Waals surface area contributed by atoms with Crippen LogP contribution < -0.4 is 0 Å². The Labute approximate surface area is 105 Å². The van der Waals surface area contributed by atoms with Crippen LogP contribution in [0.4, 0.5) is 0 Å². The van der Waals surface area contributed by atoms with E-state index in [1.54, 1.807) is 0 Å². The highest BCUT2D eigenvalue weighted by Gasteiger charge is 2.28. The molecular weight excluding hydrogens is 214 g/mol. The van der Waals surface area contributed by atoms with Crippen LogP contribution >= 0.6 is 0 Å². The smallest absolute Gasteiger partial charge is 0.225 e. The van der Waals surface area contributed by atoms with E-state index in [0.29, 0.717) is 6.42 Å². The lowest BCUT2D eigenvalue weighted by atomic mass is 9.87. The Balaban J connectivity index is 2.47. The fourth-order valence-corrected chi connectivity index (χ4v) is 2.20. The highest BCUT2D eigenvalue weighted by Crippen LogP contribution is 2.21. The van der Waals surface area contributed by atoms with Gasteiger partial charge in [-0.25, -0.2) is 0 Å². The van der Waals surface area contributed by atoms with Gasteiger partial charge in [0.1, 0.15) is 5.78 Å². The molecule has 1 amide bonds. The van der Waals surface area contributed by atoms with Gasteiger partial charge in [0.15, 0.2) is 0 Å². The van der Waals surface area contributed by atoms with E-state index in [4.69, 9.17) is 0 Å². The maximum absolute atomic E-state index is 12.2. The third kappa shape index (κ3) is 3.83. The molecule has 0 saturated carbocycles. The number of likely N-dealkylation sites (tertiary alicyclic amines) is 1. The summed E-state index contributed by atoms with van der Waals surface area (Å²) in [5.41, 5.74) is 0. The predicted octanol–water partition coefficient (Wildman–Crippen LogP) is 2.50. The van der Waals surface area contributed by atoms with Crippen molar-refractivity contribution in [3.63, 3.8) is 0 Å². The molecule has 3 heteroatoms. The van der Waals surface area contributed by atoms with E-state index in [-0.39, 0.29) is 29.4 Å². The maximum atomic E-state index is 12.2. The second-order valence-electron chi connectivity index (χ2n) is 5.62. The first-order valence-electron chi connectivity index (χ1n) is 6.75. The van der Waals surface area contributed by atoms with Gasteiger partial charge < -0.3 is 4.90 Å². The molecule has 98 valence electrons. The van der Waals surface area contributed by atoms with Crippen LogP contribution in [0.2, 0.25) is 0 Å². The summed E-state index contributed by atoms with van der Waals surface area (Å²) in [6.45, 7) is 9.60. The normalized spacial score (nSPS) is 19.5. The molecule has 0 aromatic heterocycles. The average Bonchev–Trinajstić information content (AvgIpc) is 2.80. The van der Waals surface area contributed by atoms with Crippen LogP contribution in [0.15, 0.2) is 0 Å². The zero-order chi connectivity index (χ0) is 13.0. The third-order valence-corrected chi connectivity index (χ3v) is 3.83. The molecular formula is C14H25NO2. The minimum absolute atomic E-state index is 0.0317. The van der Waals surface area contributed by atoms with Gasteiger partial charge in [0.2, 0.25) is 5.91 Å². The number of Topliss-reactive ketones (excluding diaryl/α,β-unsaturated/α-hetero) is 1. The second kappa shape index (κ2) is 6.18. The van der Waals surface area contributed by atoms with Crippen LogP contribution in [0.25, 0.3) is 0 Å². The van der Waals surface area contributed by atoms with Crippen molar-refractivity contribution in [3.8, 4) is 0 Å². The lowest BCUT2D eigenvalue weighted by Gasteiger charge is -2.24. The lowest BCUT2D eigenvalue weighted by molar-refractivity contribution is -0.136. The third-order valence-electron chi connectivity index (χ3n) is 3.83. The molecule has 1 aliphatic heterocycles. The van der Waals surface area contributed by atoms with Crippen molar-refractivity contribution in [2.75, 3.05) is 13.1 Å².